The number of anilines is 1. The van der Waals surface area contributed by atoms with Crippen LogP contribution in [0.25, 0.3) is 0 Å². The lowest BCUT2D eigenvalue weighted by atomic mass is 9.61. The summed E-state index contributed by atoms with van der Waals surface area (Å²) in [5.74, 6) is 0. The average molecular weight is 296 g/mol. The third kappa shape index (κ3) is 2.72. The molecule has 1 aliphatic carbocycles. The predicted octanol–water partition coefficient (Wildman–Crippen LogP) is 2.37. The number of hydrogen-bond donors (Lipinski definition) is 3. The Morgan fingerprint density at radius 2 is 2.00 bits per heavy atom. The van der Waals surface area contributed by atoms with Crippen LogP contribution in [-0.4, -0.2) is 17.6 Å². The number of nitrogens with zero attached hydrogens (tertiary/aromatic N) is 1. The van der Waals surface area contributed by atoms with E-state index in [0.717, 1.165) is 24.1 Å². The minimum Gasteiger partial charge on any atom is -0.398 e. The van der Waals surface area contributed by atoms with E-state index in [2.05, 4.69) is 47.6 Å². The van der Waals surface area contributed by atoms with Crippen LogP contribution in [0.15, 0.2) is 48.8 Å². The normalized spacial score (nSPS) is 25.5. The summed E-state index contributed by atoms with van der Waals surface area (Å²) >= 11 is 0. The number of aromatic nitrogens is 1. The molecule has 1 saturated carbocycles. The standard InChI is InChI=1S/C18H24N4/c1-13(16-11-21-8-7-17(16)20)22-15-9-18(10-15,12-19)14-5-3-2-4-6-14/h2-8,11,13,15,22H,9-10,12,19H2,1H3,(H2,20,21). The van der Waals surface area contributed by atoms with Crippen LogP contribution in [0.4, 0.5) is 5.69 Å². The number of nitrogens with two attached hydrogens (primary N) is 2. The van der Waals surface area contributed by atoms with Gasteiger partial charge in [0.1, 0.15) is 0 Å². The summed E-state index contributed by atoms with van der Waals surface area (Å²) in [7, 11) is 0. The molecule has 0 amide bonds. The highest BCUT2D eigenvalue weighted by atomic mass is 15.0. The third-order valence-electron chi connectivity index (χ3n) is 4.89. The van der Waals surface area contributed by atoms with Crippen molar-refractivity contribution in [2.45, 2.75) is 37.3 Å². The molecule has 2 aromatic rings. The summed E-state index contributed by atoms with van der Waals surface area (Å²) in [4.78, 5) is 4.17. The summed E-state index contributed by atoms with van der Waals surface area (Å²) in [5, 5.41) is 3.66. The molecule has 1 atom stereocenters. The highest BCUT2D eigenvalue weighted by Crippen LogP contribution is 2.43. The van der Waals surface area contributed by atoms with Crippen molar-refractivity contribution in [1.29, 1.82) is 0 Å². The second kappa shape index (κ2) is 6.07. The topological polar surface area (TPSA) is 77.0 Å². The lowest BCUT2D eigenvalue weighted by molar-refractivity contribution is 0.167. The Morgan fingerprint density at radius 3 is 2.64 bits per heavy atom. The second-order valence-electron chi connectivity index (χ2n) is 6.35. The van der Waals surface area contributed by atoms with Crippen LogP contribution < -0.4 is 16.8 Å². The van der Waals surface area contributed by atoms with Crippen LogP contribution in [-0.2, 0) is 5.41 Å². The summed E-state index contributed by atoms with van der Waals surface area (Å²) < 4.78 is 0. The van der Waals surface area contributed by atoms with E-state index in [-0.39, 0.29) is 11.5 Å². The first-order valence-electron chi connectivity index (χ1n) is 7.86. The molecule has 1 heterocycles. The van der Waals surface area contributed by atoms with Crippen LogP contribution in [0.2, 0.25) is 0 Å². The predicted molar refractivity (Wildman–Crippen MR) is 90.4 cm³/mol. The molecule has 0 spiro atoms. The molecule has 4 nitrogen and oxygen atoms in total. The highest BCUT2D eigenvalue weighted by Gasteiger charge is 2.44. The quantitative estimate of drug-likeness (QED) is 0.791. The maximum absolute atomic E-state index is 6.07. The van der Waals surface area contributed by atoms with Gasteiger partial charge in [-0.25, -0.2) is 0 Å². The number of rotatable bonds is 5. The molecule has 0 bridgehead atoms. The van der Waals surface area contributed by atoms with Gasteiger partial charge in [-0.15, -0.1) is 0 Å². The van der Waals surface area contributed by atoms with Gasteiger partial charge in [0.2, 0.25) is 0 Å². The van der Waals surface area contributed by atoms with Gasteiger partial charge < -0.3 is 16.8 Å². The molecule has 5 N–H and O–H groups in total. The van der Waals surface area contributed by atoms with Gasteiger partial charge in [0.25, 0.3) is 0 Å². The van der Waals surface area contributed by atoms with Gasteiger partial charge >= 0.3 is 0 Å². The zero-order valence-electron chi connectivity index (χ0n) is 13.0. The van der Waals surface area contributed by atoms with Gasteiger partial charge in [0, 0.05) is 47.7 Å². The van der Waals surface area contributed by atoms with Crippen molar-refractivity contribution >= 4 is 5.69 Å². The lowest BCUT2D eigenvalue weighted by Gasteiger charge is -2.49. The van der Waals surface area contributed by atoms with E-state index in [1.54, 1.807) is 6.20 Å². The van der Waals surface area contributed by atoms with Crippen molar-refractivity contribution in [1.82, 2.24) is 10.3 Å². The molecule has 0 aliphatic heterocycles. The van der Waals surface area contributed by atoms with Crippen LogP contribution in [0.1, 0.15) is 36.9 Å². The van der Waals surface area contributed by atoms with Gasteiger partial charge in [-0.1, -0.05) is 30.3 Å². The minimum absolute atomic E-state index is 0.124. The van der Waals surface area contributed by atoms with Crippen molar-refractivity contribution in [2.75, 3.05) is 12.3 Å². The van der Waals surface area contributed by atoms with Crippen LogP contribution in [0.3, 0.4) is 0 Å². The van der Waals surface area contributed by atoms with Crippen LogP contribution >= 0.6 is 0 Å². The molecule has 3 rings (SSSR count). The Bertz CT molecular complexity index is 620. The number of hydrogen-bond acceptors (Lipinski definition) is 4. The Hall–Kier alpha value is -1.91. The number of nitrogen functional groups attached to an aromatic ring is 1. The minimum atomic E-state index is 0.124. The van der Waals surface area contributed by atoms with Crippen molar-refractivity contribution in [3.63, 3.8) is 0 Å². The van der Waals surface area contributed by atoms with Gasteiger partial charge in [-0.2, -0.15) is 0 Å². The van der Waals surface area contributed by atoms with Crippen molar-refractivity contribution in [3.8, 4) is 0 Å². The highest BCUT2D eigenvalue weighted by molar-refractivity contribution is 5.46. The van der Waals surface area contributed by atoms with Crippen molar-refractivity contribution in [3.05, 3.63) is 59.9 Å². The van der Waals surface area contributed by atoms with E-state index in [1.807, 2.05) is 12.3 Å². The smallest absolute Gasteiger partial charge is 0.0393 e. The monoisotopic (exact) mass is 296 g/mol. The molecule has 0 saturated heterocycles. The number of benzene rings is 1. The summed E-state index contributed by atoms with van der Waals surface area (Å²) in [5.41, 5.74) is 15.4. The fraction of sp³-hybridized carbons (Fsp3) is 0.389. The third-order valence-corrected chi connectivity index (χ3v) is 4.89. The molecule has 116 valence electrons. The Kier molecular flexibility index (Phi) is 4.14. The van der Waals surface area contributed by atoms with E-state index < -0.39 is 0 Å². The lowest BCUT2D eigenvalue weighted by Crippen LogP contribution is -2.55. The van der Waals surface area contributed by atoms with E-state index in [1.165, 1.54) is 5.56 Å². The van der Waals surface area contributed by atoms with Crippen molar-refractivity contribution < 1.29 is 0 Å². The molecule has 22 heavy (non-hydrogen) atoms. The molecular weight excluding hydrogens is 272 g/mol. The Balaban J connectivity index is 1.65. The van der Waals surface area contributed by atoms with Crippen LogP contribution in [0.5, 0.6) is 0 Å². The first-order valence-corrected chi connectivity index (χ1v) is 7.86. The molecule has 1 unspecified atom stereocenters. The van der Waals surface area contributed by atoms with E-state index in [9.17, 15) is 0 Å². The van der Waals surface area contributed by atoms with Gasteiger partial charge in [-0.3, -0.25) is 4.98 Å². The SMILES string of the molecule is CC(NC1CC(CN)(c2ccccc2)C1)c1cnccc1N. The largest absolute Gasteiger partial charge is 0.398 e. The van der Waals surface area contributed by atoms with E-state index in [0.29, 0.717) is 12.6 Å². The Morgan fingerprint density at radius 1 is 1.27 bits per heavy atom. The second-order valence-corrected chi connectivity index (χ2v) is 6.35. The molecule has 1 fully saturated rings. The van der Waals surface area contributed by atoms with Gasteiger partial charge in [0.05, 0.1) is 0 Å². The molecule has 1 aromatic carbocycles. The first kappa shape index (κ1) is 15.0. The fourth-order valence-electron chi connectivity index (χ4n) is 3.54. The molecule has 1 aromatic heterocycles. The molecule has 0 radical (unpaired) electrons. The van der Waals surface area contributed by atoms with E-state index >= 15 is 0 Å². The van der Waals surface area contributed by atoms with Gasteiger partial charge in [-0.05, 0) is 31.4 Å². The maximum atomic E-state index is 6.07. The number of pyridine rings is 1. The maximum Gasteiger partial charge on any atom is 0.0393 e. The Labute approximate surface area is 131 Å². The fourth-order valence-corrected chi connectivity index (χ4v) is 3.54. The van der Waals surface area contributed by atoms with E-state index in [4.69, 9.17) is 11.5 Å². The number of nitrogens with one attached hydrogen (secondary N) is 1. The summed E-state index contributed by atoms with van der Waals surface area (Å²) in [6, 6.07) is 13.1. The molecular formula is C18H24N4. The average Bonchev–Trinajstić information content (AvgIpc) is 2.51. The van der Waals surface area contributed by atoms with Gasteiger partial charge in [0.15, 0.2) is 0 Å². The van der Waals surface area contributed by atoms with Crippen LogP contribution in [0, 0.1) is 0 Å². The molecule has 4 heteroatoms. The molecule has 1 aliphatic rings. The first-order chi connectivity index (χ1) is 10.6. The summed E-state index contributed by atoms with van der Waals surface area (Å²) in [6.07, 6.45) is 5.71. The zero-order chi connectivity index (χ0) is 15.6. The zero-order valence-corrected chi connectivity index (χ0v) is 13.0. The summed E-state index contributed by atoms with van der Waals surface area (Å²) in [6.45, 7) is 2.83. The van der Waals surface area contributed by atoms with Crippen molar-refractivity contribution in [2.24, 2.45) is 5.73 Å².